The molecule has 0 aliphatic carbocycles. The van der Waals surface area contributed by atoms with Crippen molar-refractivity contribution in [3.05, 3.63) is 68.1 Å². The van der Waals surface area contributed by atoms with Gasteiger partial charge in [0.2, 0.25) is 0 Å². The molecule has 0 spiro atoms. The molecule has 0 N–H and O–H groups in total. The quantitative estimate of drug-likeness (QED) is 0.538. The molecule has 0 saturated carbocycles. The Morgan fingerprint density at radius 1 is 1.11 bits per heavy atom. The van der Waals surface area contributed by atoms with Crippen molar-refractivity contribution in [3.8, 4) is 0 Å². The maximum atomic E-state index is 13.4. The molecule has 5 heteroatoms. The third kappa shape index (κ3) is 3.28. The largest absolute Gasteiger partial charge is 0.294 e. The highest BCUT2D eigenvalue weighted by molar-refractivity contribution is 9.10. The first kappa shape index (κ1) is 14.3. The first-order valence-electron chi connectivity index (χ1n) is 5.40. The molecule has 1 nitrogen and oxygen atoms in total. The minimum atomic E-state index is -1.04. The van der Waals surface area contributed by atoms with Gasteiger partial charge in [-0.2, -0.15) is 0 Å². The number of hydrogen-bond acceptors (Lipinski definition) is 1. The van der Waals surface area contributed by atoms with Crippen LogP contribution in [0.1, 0.15) is 15.9 Å². The Kier molecular flexibility index (Phi) is 4.47. The minimum Gasteiger partial charge on any atom is -0.294 e. The molecule has 0 amide bonds. The SMILES string of the molecule is O=C(Cc1cccc(Br)c1)c1ccc(F)c(F)c1Br. The summed E-state index contributed by atoms with van der Waals surface area (Å²) in [6, 6.07) is 9.51. The molecule has 0 saturated heterocycles. The summed E-state index contributed by atoms with van der Waals surface area (Å²) < 4.78 is 27.1. The highest BCUT2D eigenvalue weighted by Crippen LogP contribution is 2.24. The van der Waals surface area contributed by atoms with Gasteiger partial charge < -0.3 is 0 Å². The van der Waals surface area contributed by atoms with Gasteiger partial charge in [0, 0.05) is 16.5 Å². The smallest absolute Gasteiger partial charge is 0.173 e. The van der Waals surface area contributed by atoms with Crippen molar-refractivity contribution in [2.24, 2.45) is 0 Å². The molecule has 0 bridgehead atoms. The number of carbonyl (C=O) groups is 1. The summed E-state index contributed by atoms with van der Waals surface area (Å²) in [5.41, 5.74) is 0.940. The van der Waals surface area contributed by atoms with Crippen LogP contribution in [0.25, 0.3) is 0 Å². The van der Waals surface area contributed by atoms with Crippen molar-refractivity contribution in [1.29, 1.82) is 0 Å². The van der Waals surface area contributed by atoms with Gasteiger partial charge in [-0.05, 0) is 45.8 Å². The molecule has 19 heavy (non-hydrogen) atoms. The first-order chi connectivity index (χ1) is 8.99. The van der Waals surface area contributed by atoms with Crippen molar-refractivity contribution in [1.82, 2.24) is 0 Å². The summed E-state index contributed by atoms with van der Waals surface area (Å²) in [5, 5.41) is 0. The van der Waals surface area contributed by atoms with Crippen LogP contribution in [0, 0.1) is 11.6 Å². The topological polar surface area (TPSA) is 17.1 Å². The zero-order valence-electron chi connectivity index (χ0n) is 9.59. The average Bonchev–Trinajstić information content (AvgIpc) is 2.36. The van der Waals surface area contributed by atoms with E-state index in [9.17, 15) is 13.6 Å². The van der Waals surface area contributed by atoms with E-state index in [1.165, 1.54) is 6.07 Å². The molecule has 2 aromatic rings. The van der Waals surface area contributed by atoms with E-state index in [0.717, 1.165) is 16.1 Å². The molecule has 0 radical (unpaired) electrons. The van der Waals surface area contributed by atoms with E-state index >= 15 is 0 Å². The molecular formula is C14H8Br2F2O. The van der Waals surface area contributed by atoms with Crippen molar-refractivity contribution in [3.63, 3.8) is 0 Å². The van der Waals surface area contributed by atoms with Crippen LogP contribution in [0.15, 0.2) is 45.3 Å². The Morgan fingerprint density at radius 2 is 1.84 bits per heavy atom. The fourth-order valence-corrected chi connectivity index (χ4v) is 2.66. The zero-order chi connectivity index (χ0) is 14.0. The summed E-state index contributed by atoms with van der Waals surface area (Å²) in [6.07, 6.45) is 0.128. The summed E-state index contributed by atoms with van der Waals surface area (Å²) in [7, 11) is 0. The van der Waals surface area contributed by atoms with Gasteiger partial charge in [-0.25, -0.2) is 8.78 Å². The van der Waals surface area contributed by atoms with Gasteiger partial charge in [0.05, 0.1) is 4.47 Å². The van der Waals surface area contributed by atoms with Gasteiger partial charge in [0.1, 0.15) is 0 Å². The second-order valence-electron chi connectivity index (χ2n) is 3.95. The van der Waals surface area contributed by atoms with Crippen LogP contribution in [0.2, 0.25) is 0 Å². The van der Waals surface area contributed by atoms with Crippen LogP contribution >= 0.6 is 31.9 Å². The van der Waals surface area contributed by atoms with Crippen molar-refractivity contribution < 1.29 is 13.6 Å². The molecule has 2 aromatic carbocycles. The second-order valence-corrected chi connectivity index (χ2v) is 5.66. The third-order valence-electron chi connectivity index (χ3n) is 2.59. The van der Waals surface area contributed by atoms with Gasteiger partial charge in [0.15, 0.2) is 17.4 Å². The number of benzene rings is 2. The lowest BCUT2D eigenvalue weighted by Crippen LogP contribution is -2.06. The van der Waals surface area contributed by atoms with Gasteiger partial charge in [0.25, 0.3) is 0 Å². The Labute approximate surface area is 125 Å². The standard InChI is InChI=1S/C14H8Br2F2O/c15-9-3-1-2-8(6-9)7-12(19)10-4-5-11(17)14(18)13(10)16/h1-6H,7H2. The molecule has 98 valence electrons. The summed E-state index contributed by atoms with van der Waals surface area (Å²) in [4.78, 5) is 12.1. The molecule has 0 atom stereocenters. The Balaban J connectivity index is 2.28. The zero-order valence-corrected chi connectivity index (χ0v) is 12.8. The minimum absolute atomic E-state index is 0.128. The van der Waals surface area contributed by atoms with Crippen molar-refractivity contribution >= 4 is 37.6 Å². The summed E-state index contributed by atoms with van der Waals surface area (Å²) >= 11 is 6.23. The van der Waals surface area contributed by atoms with E-state index in [-0.39, 0.29) is 22.2 Å². The van der Waals surface area contributed by atoms with Crippen LogP contribution in [-0.2, 0) is 6.42 Å². The molecule has 0 unspecified atom stereocenters. The molecular weight excluding hydrogens is 382 g/mol. The maximum Gasteiger partial charge on any atom is 0.173 e. The highest BCUT2D eigenvalue weighted by atomic mass is 79.9. The van der Waals surface area contributed by atoms with E-state index in [0.29, 0.717) is 0 Å². The molecule has 0 aliphatic rings. The molecule has 0 aliphatic heterocycles. The van der Waals surface area contributed by atoms with Crippen molar-refractivity contribution in [2.75, 3.05) is 0 Å². The first-order valence-corrected chi connectivity index (χ1v) is 6.99. The van der Waals surface area contributed by atoms with Crippen LogP contribution in [0.3, 0.4) is 0 Å². The molecule has 0 fully saturated rings. The normalized spacial score (nSPS) is 10.5. The Bertz CT molecular complexity index is 641. The van der Waals surface area contributed by atoms with E-state index in [4.69, 9.17) is 0 Å². The van der Waals surface area contributed by atoms with Crippen LogP contribution in [0.5, 0.6) is 0 Å². The number of hydrogen-bond donors (Lipinski definition) is 0. The summed E-state index contributed by atoms with van der Waals surface area (Å²) in [5.74, 6) is -2.30. The predicted octanol–water partition coefficient (Wildman–Crippen LogP) is 4.92. The lowest BCUT2D eigenvalue weighted by molar-refractivity contribution is 0.0991. The van der Waals surface area contributed by atoms with Gasteiger partial charge in [-0.3, -0.25) is 4.79 Å². The van der Waals surface area contributed by atoms with E-state index in [2.05, 4.69) is 31.9 Å². The van der Waals surface area contributed by atoms with Gasteiger partial charge in [-0.15, -0.1) is 0 Å². The number of halogens is 4. The molecule has 0 aromatic heterocycles. The predicted molar refractivity (Wildman–Crippen MR) is 76.2 cm³/mol. The van der Waals surface area contributed by atoms with E-state index in [1.54, 1.807) is 6.07 Å². The lowest BCUT2D eigenvalue weighted by atomic mass is 10.0. The number of rotatable bonds is 3. The fraction of sp³-hybridized carbons (Fsp3) is 0.0714. The van der Waals surface area contributed by atoms with Gasteiger partial charge >= 0.3 is 0 Å². The Hall–Kier alpha value is -1.07. The maximum absolute atomic E-state index is 13.4. The molecule has 0 heterocycles. The van der Waals surface area contributed by atoms with E-state index < -0.39 is 11.6 Å². The second kappa shape index (κ2) is 5.92. The van der Waals surface area contributed by atoms with Crippen LogP contribution in [0.4, 0.5) is 8.78 Å². The van der Waals surface area contributed by atoms with Crippen molar-refractivity contribution in [2.45, 2.75) is 6.42 Å². The fourth-order valence-electron chi connectivity index (χ4n) is 1.67. The van der Waals surface area contributed by atoms with Crippen LogP contribution < -0.4 is 0 Å². The molecule has 2 rings (SSSR count). The monoisotopic (exact) mass is 388 g/mol. The number of ketones is 1. The number of carbonyl (C=O) groups excluding carboxylic acids is 1. The van der Waals surface area contributed by atoms with Crippen LogP contribution in [-0.4, -0.2) is 5.78 Å². The van der Waals surface area contributed by atoms with E-state index in [1.807, 2.05) is 18.2 Å². The third-order valence-corrected chi connectivity index (χ3v) is 3.86. The number of Topliss-reactive ketones (excluding diaryl/α,β-unsaturated/α-hetero) is 1. The van der Waals surface area contributed by atoms with Gasteiger partial charge in [-0.1, -0.05) is 28.1 Å². The average molecular weight is 390 g/mol. The summed E-state index contributed by atoms with van der Waals surface area (Å²) in [6.45, 7) is 0. The highest BCUT2D eigenvalue weighted by Gasteiger charge is 2.16. The lowest BCUT2D eigenvalue weighted by Gasteiger charge is -2.06. The Morgan fingerprint density at radius 3 is 2.53 bits per heavy atom.